The second-order valence-corrected chi connectivity index (χ2v) is 6.31. The van der Waals surface area contributed by atoms with Gasteiger partial charge >= 0.3 is 11.9 Å². The summed E-state index contributed by atoms with van der Waals surface area (Å²) in [7, 11) is 1.34. The van der Waals surface area contributed by atoms with Crippen LogP contribution in [0.3, 0.4) is 0 Å². The van der Waals surface area contributed by atoms with Gasteiger partial charge in [-0.05, 0) is 48.6 Å². The highest BCUT2D eigenvalue weighted by Gasteiger charge is 2.19. The molecule has 1 aromatic carbocycles. The van der Waals surface area contributed by atoms with Crippen molar-refractivity contribution < 1.29 is 19.1 Å². The van der Waals surface area contributed by atoms with Gasteiger partial charge < -0.3 is 9.47 Å². The topological polar surface area (TPSA) is 52.6 Å². The van der Waals surface area contributed by atoms with E-state index < -0.39 is 0 Å². The normalized spacial score (nSPS) is 12.8. The number of rotatable bonds is 4. The number of methoxy groups -OCH3 is 1. The van der Waals surface area contributed by atoms with Gasteiger partial charge in [0.2, 0.25) is 0 Å². The fourth-order valence-electron chi connectivity index (χ4n) is 2.50. The zero-order chi connectivity index (χ0) is 15.5. The molecule has 22 heavy (non-hydrogen) atoms. The van der Waals surface area contributed by atoms with Crippen molar-refractivity contribution in [2.45, 2.75) is 25.9 Å². The molecule has 0 aliphatic heterocycles. The van der Waals surface area contributed by atoms with E-state index in [4.69, 9.17) is 4.74 Å². The van der Waals surface area contributed by atoms with Gasteiger partial charge in [0.25, 0.3) is 0 Å². The van der Waals surface area contributed by atoms with Crippen molar-refractivity contribution in [1.82, 2.24) is 0 Å². The van der Waals surface area contributed by atoms with Gasteiger partial charge in [-0.2, -0.15) is 0 Å². The van der Waals surface area contributed by atoms with Crippen molar-refractivity contribution in [3.63, 3.8) is 0 Å². The molecule has 0 saturated carbocycles. The van der Waals surface area contributed by atoms with Gasteiger partial charge in [-0.1, -0.05) is 12.1 Å². The second kappa shape index (κ2) is 6.32. The summed E-state index contributed by atoms with van der Waals surface area (Å²) in [5, 5.41) is 0. The Bertz CT molecular complexity index is 678. The number of fused-ring (bicyclic) bond motifs is 1. The third-order valence-corrected chi connectivity index (χ3v) is 4.91. The molecule has 0 atom stereocenters. The SMILES string of the molecule is COC(=O)c1ccc(COC(=O)c2cc3c(s2)CCC3)cc1. The molecule has 0 spiro atoms. The fourth-order valence-corrected chi connectivity index (χ4v) is 3.65. The van der Waals surface area contributed by atoms with Gasteiger partial charge in [-0.15, -0.1) is 11.3 Å². The average Bonchev–Trinajstić information content (AvgIpc) is 3.14. The molecule has 5 heteroatoms. The molecule has 0 radical (unpaired) electrons. The fraction of sp³-hybridized carbons (Fsp3) is 0.294. The van der Waals surface area contributed by atoms with Crippen LogP contribution in [0.2, 0.25) is 0 Å². The Hall–Kier alpha value is -2.14. The maximum absolute atomic E-state index is 12.1. The Kier molecular flexibility index (Phi) is 4.24. The summed E-state index contributed by atoms with van der Waals surface area (Å²) in [4.78, 5) is 25.4. The van der Waals surface area contributed by atoms with E-state index in [0.29, 0.717) is 10.4 Å². The molecule has 0 saturated heterocycles. The molecular formula is C17H16O4S. The van der Waals surface area contributed by atoms with Crippen LogP contribution in [-0.2, 0) is 28.9 Å². The maximum Gasteiger partial charge on any atom is 0.348 e. The zero-order valence-corrected chi connectivity index (χ0v) is 13.1. The highest BCUT2D eigenvalue weighted by Crippen LogP contribution is 2.31. The number of carbonyl (C=O) groups excluding carboxylic acids is 2. The van der Waals surface area contributed by atoms with Crippen LogP contribution in [0.4, 0.5) is 0 Å². The van der Waals surface area contributed by atoms with Crippen molar-refractivity contribution in [2.24, 2.45) is 0 Å². The Balaban J connectivity index is 1.59. The van der Waals surface area contributed by atoms with Crippen molar-refractivity contribution >= 4 is 23.3 Å². The van der Waals surface area contributed by atoms with E-state index in [9.17, 15) is 9.59 Å². The summed E-state index contributed by atoms with van der Waals surface area (Å²) >= 11 is 1.54. The van der Waals surface area contributed by atoms with E-state index in [1.807, 2.05) is 6.07 Å². The highest BCUT2D eigenvalue weighted by atomic mass is 32.1. The number of thiophene rings is 1. The lowest BCUT2D eigenvalue weighted by Crippen LogP contribution is -2.04. The minimum atomic E-state index is -0.378. The van der Waals surface area contributed by atoms with Gasteiger partial charge in [0.1, 0.15) is 11.5 Å². The number of aryl methyl sites for hydroxylation is 2. The summed E-state index contributed by atoms with van der Waals surface area (Å²) in [5.74, 6) is -0.659. The third kappa shape index (κ3) is 3.04. The molecule has 1 aromatic heterocycles. The van der Waals surface area contributed by atoms with Crippen LogP contribution in [-0.4, -0.2) is 19.0 Å². The van der Waals surface area contributed by atoms with E-state index in [2.05, 4.69) is 4.74 Å². The predicted molar refractivity (Wildman–Crippen MR) is 83.2 cm³/mol. The van der Waals surface area contributed by atoms with E-state index in [1.165, 1.54) is 35.3 Å². The van der Waals surface area contributed by atoms with E-state index in [-0.39, 0.29) is 18.5 Å². The number of ether oxygens (including phenoxy) is 2. The van der Waals surface area contributed by atoms with Gasteiger partial charge in [-0.3, -0.25) is 0 Å². The van der Waals surface area contributed by atoms with Gasteiger partial charge in [0.15, 0.2) is 0 Å². The predicted octanol–water partition coefficient (Wildman–Crippen LogP) is 3.38. The first kappa shape index (κ1) is 14.8. The first-order chi connectivity index (χ1) is 10.7. The van der Waals surface area contributed by atoms with Crippen LogP contribution in [0.1, 0.15) is 42.5 Å². The smallest absolute Gasteiger partial charge is 0.348 e. The number of carbonyl (C=O) groups is 2. The standard InChI is InChI=1S/C17H16O4S/c1-20-16(18)12-7-5-11(6-8-12)10-21-17(19)15-9-13-3-2-4-14(13)22-15/h5-9H,2-4,10H2,1H3. The number of benzene rings is 1. The Morgan fingerprint density at radius 2 is 1.91 bits per heavy atom. The van der Waals surface area contributed by atoms with Crippen molar-refractivity contribution in [3.05, 3.63) is 56.8 Å². The van der Waals surface area contributed by atoms with Gasteiger partial charge in [0, 0.05) is 4.88 Å². The average molecular weight is 316 g/mol. The number of hydrogen-bond donors (Lipinski definition) is 0. The molecule has 1 aliphatic rings. The van der Waals surface area contributed by atoms with Crippen LogP contribution in [0, 0.1) is 0 Å². The monoisotopic (exact) mass is 316 g/mol. The van der Waals surface area contributed by atoms with E-state index in [0.717, 1.165) is 18.4 Å². The molecular weight excluding hydrogens is 300 g/mol. The highest BCUT2D eigenvalue weighted by molar-refractivity contribution is 7.14. The Morgan fingerprint density at radius 1 is 1.14 bits per heavy atom. The molecule has 114 valence electrons. The van der Waals surface area contributed by atoms with Gasteiger partial charge in [0.05, 0.1) is 12.7 Å². The summed E-state index contributed by atoms with van der Waals surface area (Å²) in [6.45, 7) is 0.197. The molecule has 0 fully saturated rings. The first-order valence-electron chi connectivity index (χ1n) is 7.13. The Morgan fingerprint density at radius 3 is 2.59 bits per heavy atom. The number of hydrogen-bond acceptors (Lipinski definition) is 5. The van der Waals surface area contributed by atoms with E-state index in [1.54, 1.807) is 24.3 Å². The largest absolute Gasteiger partial charge is 0.465 e. The van der Waals surface area contributed by atoms with Crippen LogP contribution in [0.5, 0.6) is 0 Å². The van der Waals surface area contributed by atoms with Crippen LogP contribution < -0.4 is 0 Å². The van der Waals surface area contributed by atoms with Gasteiger partial charge in [-0.25, -0.2) is 9.59 Å². The quantitative estimate of drug-likeness (QED) is 0.811. The van der Waals surface area contributed by atoms with Crippen molar-refractivity contribution in [1.29, 1.82) is 0 Å². The summed E-state index contributed by atoms with van der Waals surface area (Å²) in [6, 6.07) is 8.79. The molecule has 2 aromatic rings. The Labute approximate surface area is 132 Å². The minimum Gasteiger partial charge on any atom is -0.465 e. The lowest BCUT2D eigenvalue weighted by molar-refractivity contribution is 0.0477. The minimum absolute atomic E-state index is 0.197. The van der Waals surface area contributed by atoms with Crippen molar-refractivity contribution in [2.75, 3.05) is 7.11 Å². The molecule has 1 heterocycles. The summed E-state index contributed by atoms with van der Waals surface area (Å²) in [6.07, 6.45) is 3.32. The second-order valence-electron chi connectivity index (χ2n) is 5.18. The van der Waals surface area contributed by atoms with E-state index >= 15 is 0 Å². The molecule has 0 bridgehead atoms. The third-order valence-electron chi connectivity index (χ3n) is 3.69. The first-order valence-corrected chi connectivity index (χ1v) is 7.95. The molecule has 0 unspecified atom stereocenters. The zero-order valence-electron chi connectivity index (χ0n) is 12.3. The van der Waals surface area contributed by atoms with Crippen molar-refractivity contribution in [3.8, 4) is 0 Å². The lowest BCUT2D eigenvalue weighted by atomic mass is 10.1. The molecule has 4 nitrogen and oxygen atoms in total. The number of esters is 2. The van der Waals surface area contributed by atoms with Crippen LogP contribution in [0.15, 0.2) is 30.3 Å². The molecule has 0 N–H and O–H groups in total. The lowest BCUT2D eigenvalue weighted by Gasteiger charge is -2.05. The van der Waals surface area contributed by atoms with Crippen LogP contribution in [0.25, 0.3) is 0 Å². The van der Waals surface area contributed by atoms with Crippen LogP contribution >= 0.6 is 11.3 Å². The summed E-state index contributed by atoms with van der Waals surface area (Å²) in [5.41, 5.74) is 2.61. The maximum atomic E-state index is 12.1. The molecule has 3 rings (SSSR count). The molecule has 1 aliphatic carbocycles. The summed E-state index contributed by atoms with van der Waals surface area (Å²) < 4.78 is 9.97. The molecule has 0 amide bonds.